The number of hydrogen-bond acceptors (Lipinski definition) is 0. The van der Waals surface area contributed by atoms with Gasteiger partial charge in [0, 0.05) is 8.80 Å². The minimum atomic E-state index is 0. The molecule has 0 N–H and O–H groups in total. The maximum Gasteiger partial charge on any atom is 2.00 e. The van der Waals surface area contributed by atoms with Crippen LogP contribution in [-0.2, 0) is 23.5 Å². The van der Waals surface area contributed by atoms with Crippen molar-refractivity contribution in [2.24, 2.45) is 0 Å². The van der Waals surface area contributed by atoms with Crippen molar-refractivity contribution in [3.8, 4) is 0 Å². The maximum absolute atomic E-state index is 2.40. The Bertz CT molecular complexity index is 331. The Balaban J connectivity index is 0.000000454. The van der Waals surface area contributed by atoms with Crippen molar-refractivity contribution in [2.45, 2.75) is 44.8 Å². The van der Waals surface area contributed by atoms with Crippen molar-refractivity contribution in [1.82, 2.24) is 0 Å². The monoisotopic (exact) mass is 313 g/mol. The minimum Gasteiger partial charge on any atom is -0.214 e. The van der Waals surface area contributed by atoms with E-state index in [0.717, 1.165) is 0 Å². The molecule has 105 valence electrons. The van der Waals surface area contributed by atoms with Gasteiger partial charge in [-0.1, -0.05) is 44.8 Å². The van der Waals surface area contributed by atoms with E-state index in [1.807, 2.05) is 30.3 Å². The molecule has 0 heterocycles. The second-order valence-electron chi connectivity index (χ2n) is 5.02. The van der Waals surface area contributed by atoms with E-state index >= 15 is 0 Å². The van der Waals surface area contributed by atoms with Gasteiger partial charge in [-0.3, -0.25) is 0 Å². The quantitative estimate of drug-likeness (QED) is 0.387. The fourth-order valence-corrected chi connectivity index (χ4v) is 2.84. The van der Waals surface area contributed by atoms with Crippen molar-refractivity contribution < 1.29 is 17.1 Å². The normalized spacial score (nSPS) is 9.63. The van der Waals surface area contributed by atoms with Crippen LogP contribution in [-0.4, -0.2) is 8.80 Å². The summed E-state index contributed by atoms with van der Waals surface area (Å²) >= 11 is 0. The zero-order valence-corrected chi connectivity index (χ0v) is 14.2. The van der Waals surface area contributed by atoms with E-state index in [1.54, 1.807) is 0 Å². The standard InChI is InChI=1S/C12H20Si.C5H5.Fe/c1-13(2)11-7-3-4-8-12-9-5-6-10-12;1-2-4-5-3-1;/h5-6,9-10H,3-4,7-8,11H2,1-2H3;1-5H;/q2*-1;+2. The van der Waals surface area contributed by atoms with Crippen LogP contribution >= 0.6 is 0 Å². The molecule has 19 heavy (non-hydrogen) atoms. The van der Waals surface area contributed by atoms with E-state index in [2.05, 4.69) is 37.4 Å². The molecule has 0 aromatic heterocycles. The van der Waals surface area contributed by atoms with Crippen molar-refractivity contribution >= 4 is 8.80 Å². The first-order valence-electron chi connectivity index (χ1n) is 6.95. The molecular weight excluding hydrogens is 288 g/mol. The second kappa shape index (κ2) is 12.5. The molecule has 0 aliphatic carbocycles. The van der Waals surface area contributed by atoms with Crippen LogP contribution in [0.15, 0.2) is 54.6 Å². The first-order chi connectivity index (χ1) is 8.79. The van der Waals surface area contributed by atoms with Crippen LogP contribution in [0.2, 0.25) is 19.1 Å². The predicted octanol–water partition coefficient (Wildman–Crippen LogP) is 5.28. The Morgan fingerprint density at radius 2 is 1.53 bits per heavy atom. The number of unbranched alkanes of at least 4 members (excludes halogenated alkanes) is 2. The third kappa shape index (κ3) is 11.0. The summed E-state index contributed by atoms with van der Waals surface area (Å²) in [5, 5.41) is 0. The molecule has 0 aliphatic heterocycles. The smallest absolute Gasteiger partial charge is 0.214 e. The van der Waals surface area contributed by atoms with Gasteiger partial charge in [-0.15, -0.1) is 0 Å². The van der Waals surface area contributed by atoms with E-state index in [4.69, 9.17) is 0 Å². The summed E-state index contributed by atoms with van der Waals surface area (Å²) < 4.78 is 0. The molecule has 1 radical (unpaired) electrons. The fourth-order valence-electron chi connectivity index (χ4n) is 1.89. The molecule has 0 fully saturated rings. The average Bonchev–Trinajstić information content (AvgIpc) is 3.04. The van der Waals surface area contributed by atoms with Crippen LogP contribution in [0.1, 0.15) is 24.8 Å². The molecule has 0 unspecified atom stereocenters. The van der Waals surface area contributed by atoms with E-state index < -0.39 is 0 Å². The van der Waals surface area contributed by atoms with Crippen LogP contribution in [0.5, 0.6) is 0 Å². The molecule has 2 aromatic carbocycles. The molecule has 2 aromatic rings. The minimum absolute atomic E-state index is 0. The van der Waals surface area contributed by atoms with Gasteiger partial charge in [0.05, 0.1) is 0 Å². The Morgan fingerprint density at radius 1 is 0.895 bits per heavy atom. The van der Waals surface area contributed by atoms with Crippen molar-refractivity contribution in [2.75, 3.05) is 0 Å². The molecule has 0 aliphatic rings. The van der Waals surface area contributed by atoms with E-state index in [9.17, 15) is 0 Å². The van der Waals surface area contributed by atoms with E-state index in [0.29, 0.717) is 0 Å². The Hall–Kier alpha value is -0.564. The van der Waals surface area contributed by atoms with Crippen LogP contribution < -0.4 is 0 Å². The zero-order chi connectivity index (χ0) is 13.1. The summed E-state index contributed by atoms with van der Waals surface area (Å²) in [6.07, 6.45) is 5.52. The first kappa shape index (κ1) is 18.4. The number of rotatable bonds is 6. The summed E-state index contributed by atoms with van der Waals surface area (Å²) in [7, 11) is 0.0316. The molecule has 0 saturated carbocycles. The molecule has 0 amide bonds. The SMILES string of the molecule is C[Si](C)CCCCC[c-]1cccc1.[Fe+2].c1cc[cH-]c1. The molecule has 0 saturated heterocycles. The topological polar surface area (TPSA) is 0 Å². The predicted molar refractivity (Wildman–Crippen MR) is 83.9 cm³/mol. The second-order valence-corrected chi connectivity index (χ2v) is 7.94. The molecule has 0 atom stereocenters. The summed E-state index contributed by atoms with van der Waals surface area (Å²) in [5.41, 5.74) is 1.51. The first-order valence-corrected chi connectivity index (χ1v) is 9.66. The van der Waals surface area contributed by atoms with Gasteiger partial charge >= 0.3 is 17.1 Å². The fraction of sp³-hybridized carbons (Fsp3) is 0.412. The van der Waals surface area contributed by atoms with Crippen molar-refractivity contribution in [3.05, 3.63) is 60.2 Å². The molecule has 0 bridgehead atoms. The van der Waals surface area contributed by atoms with Gasteiger partial charge in [0.25, 0.3) is 0 Å². The van der Waals surface area contributed by atoms with E-state index in [1.165, 1.54) is 37.3 Å². The van der Waals surface area contributed by atoms with Crippen LogP contribution in [0.25, 0.3) is 0 Å². The largest absolute Gasteiger partial charge is 2.00 e. The van der Waals surface area contributed by atoms with Gasteiger partial charge in [-0.2, -0.15) is 35.9 Å². The molecule has 0 nitrogen and oxygen atoms in total. The van der Waals surface area contributed by atoms with Crippen molar-refractivity contribution in [3.63, 3.8) is 0 Å². The van der Waals surface area contributed by atoms with Crippen LogP contribution in [0, 0.1) is 0 Å². The Labute approximate surface area is 131 Å². The summed E-state index contributed by atoms with van der Waals surface area (Å²) in [4.78, 5) is 0. The summed E-state index contributed by atoms with van der Waals surface area (Å²) in [5.74, 6) is 0. The van der Waals surface area contributed by atoms with Crippen LogP contribution in [0.3, 0.4) is 0 Å². The number of aryl methyl sites for hydroxylation is 1. The molecular formula is C17H25FeSi. The van der Waals surface area contributed by atoms with Gasteiger partial charge in [-0.05, 0) is 0 Å². The van der Waals surface area contributed by atoms with Gasteiger partial charge in [-0.25, -0.2) is 24.3 Å². The average molecular weight is 313 g/mol. The summed E-state index contributed by atoms with van der Waals surface area (Å²) in [6.45, 7) is 4.81. The van der Waals surface area contributed by atoms with Gasteiger partial charge in [0.15, 0.2) is 0 Å². The third-order valence-electron chi connectivity index (χ3n) is 2.93. The molecule has 0 spiro atoms. The molecule has 2 heteroatoms. The maximum atomic E-state index is 2.40. The summed E-state index contributed by atoms with van der Waals surface area (Å²) in [6, 6.07) is 20.2. The Morgan fingerprint density at radius 3 is 2.00 bits per heavy atom. The van der Waals surface area contributed by atoms with E-state index in [-0.39, 0.29) is 25.9 Å². The third-order valence-corrected chi connectivity index (χ3v) is 4.28. The zero-order valence-electron chi connectivity index (χ0n) is 12.1. The molecule has 2 rings (SSSR count). The van der Waals surface area contributed by atoms with Gasteiger partial charge < -0.3 is 0 Å². The number of hydrogen-bond donors (Lipinski definition) is 0. The Kier molecular flexibility index (Phi) is 12.1. The van der Waals surface area contributed by atoms with Crippen LogP contribution in [0.4, 0.5) is 0 Å². The van der Waals surface area contributed by atoms with Gasteiger partial charge in [0.1, 0.15) is 0 Å². The van der Waals surface area contributed by atoms with Gasteiger partial charge in [0.2, 0.25) is 0 Å². The van der Waals surface area contributed by atoms with Crippen molar-refractivity contribution in [1.29, 1.82) is 0 Å².